The van der Waals surface area contributed by atoms with Crippen molar-refractivity contribution in [3.05, 3.63) is 104 Å². The molecule has 0 aliphatic rings. The van der Waals surface area contributed by atoms with Crippen molar-refractivity contribution in [1.29, 1.82) is 0 Å². The van der Waals surface area contributed by atoms with Crippen LogP contribution in [0.15, 0.2) is 76.6 Å². The van der Waals surface area contributed by atoms with Gasteiger partial charge in [0.15, 0.2) is 0 Å². The minimum atomic E-state index is -4.00. The minimum absolute atomic E-state index is 0.0632. The Bertz CT molecular complexity index is 1350. The molecular formula is C22H22N4O6S. The summed E-state index contributed by atoms with van der Waals surface area (Å²) < 4.78 is 28.3. The summed E-state index contributed by atoms with van der Waals surface area (Å²) in [5, 5.41) is 13.3. The third-order valence-corrected chi connectivity index (χ3v) is 6.20. The molecule has 0 atom stereocenters. The molecular weight excluding hydrogens is 448 g/mol. The second-order valence-electron chi connectivity index (χ2n) is 7.25. The van der Waals surface area contributed by atoms with E-state index in [2.05, 4.69) is 10.0 Å². The number of pyridine rings is 1. The fourth-order valence-corrected chi connectivity index (χ4v) is 4.22. The van der Waals surface area contributed by atoms with Gasteiger partial charge in [0.25, 0.3) is 17.2 Å². The molecule has 0 aliphatic heterocycles. The summed E-state index contributed by atoms with van der Waals surface area (Å²) >= 11 is 0. The number of rotatable bonds is 9. The number of benzene rings is 2. The van der Waals surface area contributed by atoms with Gasteiger partial charge >= 0.3 is 0 Å². The van der Waals surface area contributed by atoms with Gasteiger partial charge < -0.3 is 9.88 Å². The summed E-state index contributed by atoms with van der Waals surface area (Å²) in [4.78, 5) is 35.0. The lowest BCUT2D eigenvalue weighted by molar-refractivity contribution is -0.385. The van der Waals surface area contributed by atoms with Crippen LogP contribution in [0.4, 0.5) is 5.69 Å². The van der Waals surface area contributed by atoms with Gasteiger partial charge in [-0.2, -0.15) is 0 Å². The molecule has 0 bridgehead atoms. The number of non-ortho nitro benzene ring substituents is 1. The van der Waals surface area contributed by atoms with Crippen molar-refractivity contribution in [3.63, 3.8) is 0 Å². The van der Waals surface area contributed by atoms with Crippen molar-refractivity contribution in [2.45, 2.75) is 18.4 Å². The number of aromatic nitrogens is 1. The van der Waals surface area contributed by atoms with Crippen LogP contribution in [0.1, 0.15) is 21.5 Å². The highest BCUT2D eigenvalue weighted by Crippen LogP contribution is 2.16. The van der Waals surface area contributed by atoms with Crippen molar-refractivity contribution >= 4 is 21.6 Å². The molecule has 11 heteroatoms. The van der Waals surface area contributed by atoms with Gasteiger partial charge in [-0.25, -0.2) is 13.1 Å². The highest BCUT2D eigenvalue weighted by molar-refractivity contribution is 7.89. The first kappa shape index (κ1) is 23.8. The Morgan fingerprint density at radius 2 is 1.82 bits per heavy atom. The SMILES string of the molecule is Cc1cccc(Cn2cccc(C(=O)NCCNS(=O)(=O)c3cccc([N+](=O)[O-])c3)c2=O)c1. The maximum absolute atomic E-state index is 12.7. The summed E-state index contributed by atoms with van der Waals surface area (Å²) in [6, 6.07) is 15.3. The topological polar surface area (TPSA) is 140 Å². The Balaban J connectivity index is 1.60. The second kappa shape index (κ2) is 10.2. The molecule has 2 N–H and O–H groups in total. The number of nitrogens with one attached hydrogen (secondary N) is 2. The van der Waals surface area contributed by atoms with Crippen molar-refractivity contribution in [2.75, 3.05) is 13.1 Å². The van der Waals surface area contributed by atoms with Crippen LogP contribution in [0.25, 0.3) is 0 Å². The number of hydrogen-bond acceptors (Lipinski definition) is 6. The molecule has 0 saturated carbocycles. The van der Waals surface area contributed by atoms with Gasteiger partial charge in [-0.3, -0.25) is 19.7 Å². The quantitative estimate of drug-likeness (QED) is 0.278. The number of carbonyl (C=O) groups excluding carboxylic acids is 1. The molecule has 0 radical (unpaired) electrons. The van der Waals surface area contributed by atoms with Crippen LogP contribution in [0.3, 0.4) is 0 Å². The van der Waals surface area contributed by atoms with E-state index in [0.717, 1.165) is 17.2 Å². The Morgan fingerprint density at radius 1 is 1.06 bits per heavy atom. The van der Waals surface area contributed by atoms with Gasteiger partial charge in [0.05, 0.1) is 16.4 Å². The Hall–Kier alpha value is -3.83. The first-order chi connectivity index (χ1) is 15.7. The Kier molecular flexibility index (Phi) is 7.36. The number of sulfonamides is 1. The largest absolute Gasteiger partial charge is 0.351 e. The molecule has 0 saturated heterocycles. The first-order valence-electron chi connectivity index (χ1n) is 9.95. The number of nitro benzene ring substituents is 1. The molecule has 3 aromatic rings. The molecule has 33 heavy (non-hydrogen) atoms. The molecule has 10 nitrogen and oxygen atoms in total. The molecule has 1 heterocycles. The summed E-state index contributed by atoms with van der Waals surface area (Å²) in [5.74, 6) is -0.631. The van der Waals surface area contributed by atoms with Gasteiger partial charge in [0, 0.05) is 31.4 Å². The van der Waals surface area contributed by atoms with Crippen molar-refractivity contribution in [3.8, 4) is 0 Å². The summed E-state index contributed by atoms with van der Waals surface area (Å²) in [6.45, 7) is 2.01. The molecule has 172 valence electrons. The van der Waals surface area contributed by atoms with Crippen LogP contribution < -0.4 is 15.6 Å². The maximum Gasteiger partial charge on any atom is 0.270 e. The molecule has 2 aromatic carbocycles. The van der Waals surface area contributed by atoms with Crippen LogP contribution in [-0.2, 0) is 16.6 Å². The number of aryl methyl sites for hydroxylation is 1. The van der Waals surface area contributed by atoms with E-state index in [1.54, 1.807) is 12.3 Å². The molecule has 0 unspecified atom stereocenters. The molecule has 0 aliphatic carbocycles. The van der Waals surface area contributed by atoms with E-state index in [0.29, 0.717) is 6.54 Å². The van der Waals surface area contributed by atoms with E-state index >= 15 is 0 Å². The number of nitrogens with zero attached hydrogens (tertiary/aromatic N) is 2. The smallest absolute Gasteiger partial charge is 0.270 e. The van der Waals surface area contributed by atoms with Crippen LogP contribution in [0, 0.1) is 17.0 Å². The van der Waals surface area contributed by atoms with Gasteiger partial charge in [0.2, 0.25) is 10.0 Å². The Morgan fingerprint density at radius 3 is 2.55 bits per heavy atom. The van der Waals surface area contributed by atoms with Crippen molar-refractivity contribution < 1.29 is 18.1 Å². The predicted molar refractivity (Wildman–Crippen MR) is 122 cm³/mol. The van der Waals surface area contributed by atoms with Crippen LogP contribution >= 0.6 is 0 Å². The van der Waals surface area contributed by atoms with Crippen LogP contribution in [0.5, 0.6) is 0 Å². The summed E-state index contributed by atoms with van der Waals surface area (Å²) in [6.07, 6.45) is 1.59. The van der Waals surface area contributed by atoms with Crippen molar-refractivity contribution in [1.82, 2.24) is 14.6 Å². The number of hydrogen-bond donors (Lipinski definition) is 2. The van der Waals surface area contributed by atoms with Crippen molar-refractivity contribution in [2.24, 2.45) is 0 Å². The molecule has 0 spiro atoms. The van der Waals surface area contributed by atoms with E-state index in [1.165, 1.54) is 28.8 Å². The normalized spacial score (nSPS) is 11.2. The lowest BCUT2D eigenvalue weighted by Gasteiger charge is -2.10. The van der Waals surface area contributed by atoms with Gasteiger partial charge in [0.1, 0.15) is 5.56 Å². The lowest BCUT2D eigenvalue weighted by Crippen LogP contribution is -2.37. The van der Waals surface area contributed by atoms with Gasteiger partial charge in [-0.1, -0.05) is 35.9 Å². The standard InChI is InChI=1S/C22H22N4O6S/c1-16-5-2-6-17(13-16)15-25-12-4-9-20(22(25)28)21(27)23-10-11-24-33(31,32)19-8-3-7-18(14-19)26(29)30/h2-9,12-14,24H,10-11,15H2,1H3,(H,23,27). The van der Waals surface area contributed by atoms with Crippen LogP contribution in [0.2, 0.25) is 0 Å². The zero-order valence-corrected chi connectivity index (χ0v) is 18.5. The maximum atomic E-state index is 12.7. The highest BCUT2D eigenvalue weighted by Gasteiger charge is 2.18. The number of carbonyl (C=O) groups is 1. The first-order valence-corrected chi connectivity index (χ1v) is 11.4. The third kappa shape index (κ3) is 6.11. The minimum Gasteiger partial charge on any atom is -0.351 e. The molecule has 1 aromatic heterocycles. The average molecular weight is 471 g/mol. The van der Waals surface area contributed by atoms with E-state index in [1.807, 2.05) is 31.2 Å². The predicted octanol–water partition coefficient (Wildman–Crippen LogP) is 1.82. The molecule has 1 amide bonds. The highest BCUT2D eigenvalue weighted by atomic mass is 32.2. The molecule has 0 fully saturated rings. The summed E-state index contributed by atoms with van der Waals surface area (Å²) in [5.41, 5.74) is 1.10. The monoisotopic (exact) mass is 470 g/mol. The second-order valence-corrected chi connectivity index (χ2v) is 9.02. The number of amides is 1. The fourth-order valence-electron chi connectivity index (χ4n) is 3.15. The van der Waals surface area contributed by atoms with Crippen LogP contribution in [-0.4, -0.2) is 36.9 Å². The van der Waals surface area contributed by atoms with Gasteiger partial charge in [-0.05, 0) is 30.7 Å². The van der Waals surface area contributed by atoms with Gasteiger partial charge in [-0.15, -0.1) is 0 Å². The van der Waals surface area contributed by atoms with E-state index in [9.17, 15) is 28.1 Å². The van der Waals surface area contributed by atoms with E-state index in [-0.39, 0.29) is 29.2 Å². The third-order valence-electron chi connectivity index (χ3n) is 4.74. The Labute approximate surface area is 190 Å². The zero-order chi connectivity index (χ0) is 24.0. The lowest BCUT2D eigenvalue weighted by atomic mass is 10.1. The summed E-state index contributed by atoms with van der Waals surface area (Å²) in [7, 11) is -4.00. The number of nitro groups is 1. The fraction of sp³-hybridized carbons (Fsp3) is 0.182. The zero-order valence-electron chi connectivity index (χ0n) is 17.7. The molecule has 3 rings (SSSR count). The van der Waals surface area contributed by atoms with E-state index < -0.39 is 26.4 Å². The van der Waals surface area contributed by atoms with E-state index in [4.69, 9.17) is 0 Å². The average Bonchev–Trinajstić information content (AvgIpc) is 2.78.